The molecule has 2 rings (SSSR count). The van der Waals surface area contributed by atoms with E-state index in [1.54, 1.807) is 11.0 Å². The summed E-state index contributed by atoms with van der Waals surface area (Å²) in [5.74, 6) is 0.965. The molecule has 0 radical (unpaired) electrons. The summed E-state index contributed by atoms with van der Waals surface area (Å²) in [6.07, 6.45) is 2.70. The fourth-order valence-electron chi connectivity index (χ4n) is 1.49. The molecular weight excluding hydrogens is 220 g/mol. The first-order valence-electron chi connectivity index (χ1n) is 5.40. The molecule has 16 heavy (non-hydrogen) atoms. The van der Waals surface area contributed by atoms with Crippen LogP contribution in [-0.2, 0) is 26.6 Å². The average Bonchev–Trinajstić information content (AvgIpc) is 2.89. The molecule has 5 heteroatoms. The van der Waals surface area contributed by atoms with E-state index in [1.807, 2.05) is 18.4 Å². The molecule has 0 unspecified atom stereocenters. The highest BCUT2D eigenvalue weighted by Crippen LogP contribution is 2.16. The van der Waals surface area contributed by atoms with Crippen molar-refractivity contribution < 1.29 is 0 Å². The molecule has 1 N–H and O–H groups in total. The Morgan fingerprint density at radius 1 is 1.31 bits per heavy atom. The molecule has 0 saturated heterocycles. The van der Waals surface area contributed by atoms with Crippen molar-refractivity contribution in [3.63, 3.8) is 0 Å². The number of nitrogens with one attached hydrogen (secondary N) is 1. The summed E-state index contributed by atoms with van der Waals surface area (Å²) in [6, 6.07) is 4.39. The summed E-state index contributed by atoms with van der Waals surface area (Å²) >= 11 is 1.87. The van der Waals surface area contributed by atoms with Crippen LogP contribution in [0.3, 0.4) is 0 Å². The van der Waals surface area contributed by atoms with Crippen LogP contribution < -0.4 is 5.32 Å². The van der Waals surface area contributed by atoms with Crippen LogP contribution in [0.2, 0.25) is 0 Å². The van der Waals surface area contributed by atoms with E-state index in [0.717, 1.165) is 25.3 Å². The molecule has 86 valence electrons. The maximum absolute atomic E-state index is 4.16. The number of hydrogen-bond acceptors (Lipinski definition) is 4. The van der Waals surface area contributed by atoms with Crippen LogP contribution in [0.15, 0.2) is 18.5 Å². The first kappa shape index (κ1) is 11.3. The van der Waals surface area contributed by atoms with E-state index >= 15 is 0 Å². The van der Waals surface area contributed by atoms with E-state index in [2.05, 4.69) is 34.5 Å². The molecule has 0 aromatic carbocycles. The molecule has 0 bridgehead atoms. The highest BCUT2D eigenvalue weighted by atomic mass is 32.1. The minimum absolute atomic E-state index is 0.760. The van der Waals surface area contributed by atoms with Gasteiger partial charge in [-0.3, -0.25) is 4.68 Å². The van der Waals surface area contributed by atoms with Crippen LogP contribution in [0.1, 0.15) is 22.5 Å². The second-order valence-electron chi connectivity index (χ2n) is 3.63. The van der Waals surface area contributed by atoms with Gasteiger partial charge in [-0.15, -0.1) is 11.3 Å². The van der Waals surface area contributed by atoms with Gasteiger partial charge >= 0.3 is 0 Å². The average molecular weight is 236 g/mol. The van der Waals surface area contributed by atoms with Crippen LogP contribution in [0.5, 0.6) is 0 Å². The van der Waals surface area contributed by atoms with Gasteiger partial charge in [0.1, 0.15) is 12.2 Å². The van der Waals surface area contributed by atoms with Gasteiger partial charge in [-0.25, -0.2) is 4.98 Å². The monoisotopic (exact) mass is 236 g/mol. The van der Waals surface area contributed by atoms with E-state index < -0.39 is 0 Å². The molecule has 2 aromatic rings. The van der Waals surface area contributed by atoms with Gasteiger partial charge in [0.05, 0.1) is 6.54 Å². The van der Waals surface area contributed by atoms with Crippen molar-refractivity contribution in [1.29, 1.82) is 0 Å². The van der Waals surface area contributed by atoms with Crippen LogP contribution in [0, 0.1) is 0 Å². The Balaban J connectivity index is 1.82. The van der Waals surface area contributed by atoms with Gasteiger partial charge in [-0.1, -0.05) is 6.92 Å². The Bertz CT molecular complexity index is 446. The smallest absolute Gasteiger partial charge is 0.140 e. The van der Waals surface area contributed by atoms with Crippen molar-refractivity contribution in [3.05, 3.63) is 34.0 Å². The summed E-state index contributed by atoms with van der Waals surface area (Å²) in [4.78, 5) is 6.98. The van der Waals surface area contributed by atoms with Crippen molar-refractivity contribution in [3.8, 4) is 0 Å². The number of aryl methyl sites for hydroxylation is 2. The SMILES string of the molecule is CCc1ccc(CNCc2ncnn2C)s1. The first-order valence-corrected chi connectivity index (χ1v) is 6.22. The molecule has 4 nitrogen and oxygen atoms in total. The van der Waals surface area contributed by atoms with Crippen molar-refractivity contribution in [2.24, 2.45) is 7.05 Å². The van der Waals surface area contributed by atoms with Gasteiger partial charge in [-0.2, -0.15) is 5.10 Å². The molecule has 0 aliphatic carbocycles. The largest absolute Gasteiger partial charge is 0.305 e. The Morgan fingerprint density at radius 3 is 2.75 bits per heavy atom. The lowest BCUT2D eigenvalue weighted by atomic mass is 10.3. The second kappa shape index (κ2) is 5.23. The van der Waals surface area contributed by atoms with Crippen LogP contribution in [0.25, 0.3) is 0 Å². The zero-order valence-corrected chi connectivity index (χ0v) is 10.4. The van der Waals surface area contributed by atoms with E-state index in [0.29, 0.717) is 0 Å². The summed E-state index contributed by atoms with van der Waals surface area (Å²) < 4.78 is 1.79. The molecule has 0 aliphatic heterocycles. The predicted octanol–water partition coefficient (Wildman–Crippen LogP) is 1.73. The fraction of sp³-hybridized carbons (Fsp3) is 0.455. The molecule has 0 aliphatic rings. The molecule has 2 heterocycles. The highest BCUT2D eigenvalue weighted by Gasteiger charge is 2.01. The van der Waals surface area contributed by atoms with E-state index in [1.165, 1.54) is 9.75 Å². The van der Waals surface area contributed by atoms with Gasteiger partial charge in [-0.05, 0) is 18.6 Å². The molecule has 0 atom stereocenters. The Morgan fingerprint density at radius 2 is 2.12 bits per heavy atom. The lowest BCUT2D eigenvalue weighted by molar-refractivity contribution is 0.617. The molecule has 0 saturated carbocycles. The van der Waals surface area contributed by atoms with E-state index in [-0.39, 0.29) is 0 Å². The van der Waals surface area contributed by atoms with Gasteiger partial charge < -0.3 is 5.32 Å². The summed E-state index contributed by atoms with van der Waals surface area (Å²) in [6.45, 7) is 3.84. The van der Waals surface area contributed by atoms with Gasteiger partial charge in [0.2, 0.25) is 0 Å². The molecule has 2 aromatic heterocycles. The predicted molar refractivity (Wildman–Crippen MR) is 65.2 cm³/mol. The minimum atomic E-state index is 0.760. The second-order valence-corrected chi connectivity index (χ2v) is 4.88. The number of thiophene rings is 1. The minimum Gasteiger partial charge on any atom is -0.305 e. The quantitative estimate of drug-likeness (QED) is 0.859. The molecule has 0 spiro atoms. The van der Waals surface area contributed by atoms with Crippen molar-refractivity contribution >= 4 is 11.3 Å². The highest BCUT2D eigenvalue weighted by molar-refractivity contribution is 7.11. The number of aromatic nitrogens is 3. The number of hydrogen-bond donors (Lipinski definition) is 1. The zero-order valence-electron chi connectivity index (χ0n) is 9.60. The Hall–Kier alpha value is -1.20. The van der Waals surface area contributed by atoms with Gasteiger partial charge in [0.25, 0.3) is 0 Å². The molecular formula is C11H16N4S. The maximum Gasteiger partial charge on any atom is 0.140 e. The van der Waals surface area contributed by atoms with Crippen molar-refractivity contribution in [1.82, 2.24) is 20.1 Å². The third kappa shape index (κ3) is 2.68. The van der Waals surface area contributed by atoms with E-state index in [4.69, 9.17) is 0 Å². The zero-order chi connectivity index (χ0) is 11.4. The first-order chi connectivity index (χ1) is 7.79. The summed E-state index contributed by atoms with van der Waals surface area (Å²) in [5.41, 5.74) is 0. The lowest BCUT2D eigenvalue weighted by Crippen LogP contribution is -2.15. The van der Waals surface area contributed by atoms with Gasteiger partial charge in [0.15, 0.2) is 0 Å². The standard InChI is InChI=1S/C11H16N4S/c1-3-9-4-5-10(16-9)6-12-7-11-13-8-14-15(11)2/h4-5,8,12H,3,6-7H2,1-2H3. The number of nitrogens with zero attached hydrogens (tertiary/aromatic N) is 3. The van der Waals surface area contributed by atoms with Crippen LogP contribution in [0.4, 0.5) is 0 Å². The Kier molecular flexibility index (Phi) is 3.69. The molecule has 0 amide bonds. The van der Waals surface area contributed by atoms with Crippen molar-refractivity contribution in [2.45, 2.75) is 26.4 Å². The molecule has 0 fully saturated rings. The third-order valence-electron chi connectivity index (χ3n) is 2.45. The van der Waals surface area contributed by atoms with Crippen LogP contribution >= 0.6 is 11.3 Å². The third-order valence-corrected chi connectivity index (χ3v) is 3.68. The van der Waals surface area contributed by atoms with Gasteiger partial charge in [0, 0.05) is 23.3 Å². The van der Waals surface area contributed by atoms with Crippen molar-refractivity contribution in [2.75, 3.05) is 0 Å². The van der Waals surface area contributed by atoms with E-state index in [9.17, 15) is 0 Å². The lowest BCUT2D eigenvalue weighted by Gasteiger charge is -2.01. The number of rotatable bonds is 5. The fourth-order valence-corrected chi connectivity index (χ4v) is 2.41. The summed E-state index contributed by atoms with van der Waals surface area (Å²) in [5, 5.41) is 7.40. The maximum atomic E-state index is 4.16. The normalized spacial score (nSPS) is 10.9. The Labute approximate surface area is 99.3 Å². The van der Waals surface area contributed by atoms with Crippen LogP contribution in [-0.4, -0.2) is 14.8 Å². The summed E-state index contributed by atoms with van der Waals surface area (Å²) in [7, 11) is 1.91. The topological polar surface area (TPSA) is 42.7 Å².